The molecule has 138 valence electrons. The van der Waals surface area contributed by atoms with Crippen LogP contribution in [0.1, 0.15) is 42.5 Å². The lowest BCUT2D eigenvalue weighted by Gasteiger charge is -2.16. The number of hydrogen-bond donors (Lipinski definition) is 2. The van der Waals surface area contributed by atoms with Crippen LogP contribution in [0.4, 0.5) is 0 Å². The molecule has 0 fully saturated rings. The van der Waals surface area contributed by atoms with Gasteiger partial charge in [-0.25, -0.2) is 4.79 Å². The molecule has 1 aromatic carbocycles. The van der Waals surface area contributed by atoms with E-state index in [2.05, 4.69) is 5.32 Å². The van der Waals surface area contributed by atoms with Gasteiger partial charge in [0.15, 0.2) is 0 Å². The molecule has 0 saturated heterocycles. The SMILES string of the molecule is COC(=O)[C@H](C/C=C/CCCCCO)NC(=O)c1c(Cl)cccc1Cl. The fourth-order valence-electron chi connectivity index (χ4n) is 2.20. The second-order valence-corrected chi connectivity index (χ2v) is 6.24. The Labute approximate surface area is 158 Å². The molecule has 0 bridgehead atoms. The van der Waals surface area contributed by atoms with Gasteiger partial charge in [-0.2, -0.15) is 0 Å². The van der Waals surface area contributed by atoms with Crippen molar-refractivity contribution in [3.63, 3.8) is 0 Å². The van der Waals surface area contributed by atoms with E-state index in [0.29, 0.717) is 6.42 Å². The molecule has 1 amide bonds. The number of allylic oxidation sites excluding steroid dienone is 1. The number of rotatable bonds is 10. The molecule has 25 heavy (non-hydrogen) atoms. The number of esters is 1. The third-order valence-corrected chi connectivity index (χ3v) is 4.18. The van der Waals surface area contributed by atoms with Crippen LogP contribution in [0, 0.1) is 0 Å². The van der Waals surface area contributed by atoms with E-state index in [-0.39, 0.29) is 22.2 Å². The van der Waals surface area contributed by atoms with Crippen LogP contribution in [-0.2, 0) is 9.53 Å². The fourth-order valence-corrected chi connectivity index (χ4v) is 2.77. The predicted molar refractivity (Wildman–Crippen MR) is 99.0 cm³/mol. The molecule has 0 unspecified atom stereocenters. The van der Waals surface area contributed by atoms with Gasteiger partial charge < -0.3 is 15.2 Å². The fraction of sp³-hybridized carbons (Fsp3) is 0.444. The van der Waals surface area contributed by atoms with E-state index in [9.17, 15) is 9.59 Å². The lowest BCUT2D eigenvalue weighted by molar-refractivity contribution is -0.142. The van der Waals surface area contributed by atoms with Crippen molar-refractivity contribution in [2.75, 3.05) is 13.7 Å². The number of halogens is 2. The summed E-state index contributed by atoms with van der Waals surface area (Å²) in [6.07, 6.45) is 7.62. The summed E-state index contributed by atoms with van der Waals surface area (Å²) in [7, 11) is 1.27. The number of methoxy groups -OCH3 is 1. The van der Waals surface area contributed by atoms with E-state index in [4.69, 9.17) is 33.0 Å². The third-order valence-electron chi connectivity index (χ3n) is 3.55. The predicted octanol–water partition coefficient (Wildman–Crippen LogP) is 3.76. The first kappa shape index (κ1) is 21.5. The molecular formula is C18H23Cl2NO4. The number of hydrogen-bond acceptors (Lipinski definition) is 4. The van der Waals surface area contributed by atoms with Gasteiger partial charge in [-0.15, -0.1) is 0 Å². The summed E-state index contributed by atoms with van der Waals surface area (Å²) in [6.45, 7) is 0.199. The smallest absolute Gasteiger partial charge is 0.328 e. The van der Waals surface area contributed by atoms with Crippen LogP contribution in [-0.4, -0.2) is 36.7 Å². The molecule has 7 heteroatoms. The van der Waals surface area contributed by atoms with Gasteiger partial charge in [0, 0.05) is 6.61 Å². The molecule has 0 aliphatic rings. The maximum absolute atomic E-state index is 12.4. The Hall–Kier alpha value is -1.56. The molecule has 0 heterocycles. The Kier molecular flexibility index (Phi) is 10.2. The first-order valence-electron chi connectivity index (χ1n) is 8.09. The van der Waals surface area contributed by atoms with Gasteiger partial charge in [-0.3, -0.25) is 4.79 Å². The number of ether oxygens (including phenoxy) is 1. The van der Waals surface area contributed by atoms with Crippen LogP contribution in [0.3, 0.4) is 0 Å². The summed E-state index contributed by atoms with van der Waals surface area (Å²) in [5.74, 6) is -1.07. The number of amides is 1. The number of nitrogens with one attached hydrogen (secondary N) is 1. The highest BCUT2D eigenvalue weighted by Gasteiger charge is 2.23. The van der Waals surface area contributed by atoms with Crippen LogP contribution in [0.15, 0.2) is 30.4 Å². The van der Waals surface area contributed by atoms with Gasteiger partial charge >= 0.3 is 5.97 Å². The van der Waals surface area contributed by atoms with Gasteiger partial charge in [0.05, 0.1) is 22.7 Å². The maximum atomic E-state index is 12.4. The average Bonchev–Trinajstić information content (AvgIpc) is 2.59. The third kappa shape index (κ3) is 7.46. The van der Waals surface area contributed by atoms with Gasteiger partial charge in [0.25, 0.3) is 5.91 Å². The van der Waals surface area contributed by atoms with Crippen molar-refractivity contribution < 1.29 is 19.4 Å². The molecule has 1 atom stereocenters. The molecular weight excluding hydrogens is 365 g/mol. The summed E-state index contributed by atoms with van der Waals surface area (Å²) in [5.41, 5.74) is 0.132. The number of carbonyl (C=O) groups excluding carboxylic acids is 2. The first-order chi connectivity index (χ1) is 12.0. The number of unbranched alkanes of at least 4 members (excludes halogenated alkanes) is 3. The van der Waals surface area contributed by atoms with Crippen LogP contribution in [0.5, 0.6) is 0 Å². The lowest BCUT2D eigenvalue weighted by Crippen LogP contribution is -2.41. The molecule has 2 N–H and O–H groups in total. The highest BCUT2D eigenvalue weighted by Crippen LogP contribution is 2.24. The molecule has 1 rings (SSSR count). The lowest BCUT2D eigenvalue weighted by atomic mass is 10.1. The number of benzene rings is 1. The second kappa shape index (κ2) is 11.9. The zero-order valence-electron chi connectivity index (χ0n) is 14.1. The van der Waals surface area contributed by atoms with E-state index in [0.717, 1.165) is 25.7 Å². The van der Waals surface area contributed by atoms with Crippen molar-refractivity contribution in [3.8, 4) is 0 Å². The number of aliphatic hydroxyl groups is 1. The van der Waals surface area contributed by atoms with Gasteiger partial charge in [0.2, 0.25) is 0 Å². The van der Waals surface area contributed by atoms with Crippen molar-refractivity contribution in [1.82, 2.24) is 5.32 Å². The maximum Gasteiger partial charge on any atom is 0.328 e. The Morgan fingerprint density at radius 1 is 1.20 bits per heavy atom. The van der Waals surface area contributed by atoms with E-state index in [1.54, 1.807) is 18.2 Å². The minimum absolute atomic E-state index is 0.132. The molecule has 0 aliphatic heterocycles. The summed E-state index contributed by atoms with van der Waals surface area (Å²) in [5, 5.41) is 11.8. The van der Waals surface area contributed by atoms with Gasteiger partial charge in [0.1, 0.15) is 6.04 Å². The van der Waals surface area contributed by atoms with Crippen LogP contribution in [0.25, 0.3) is 0 Å². The molecule has 0 radical (unpaired) electrons. The molecule has 5 nitrogen and oxygen atoms in total. The Morgan fingerprint density at radius 3 is 2.48 bits per heavy atom. The largest absolute Gasteiger partial charge is 0.467 e. The molecule has 0 aliphatic carbocycles. The summed E-state index contributed by atoms with van der Waals surface area (Å²) < 4.78 is 4.74. The molecule has 1 aromatic rings. The Balaban J connectivity index is 2.66. The molecule has 0 aromatic heterocycles. The van der Waals surface area contributed by atoms with Crippen molar-refractivity contribution in [1.29, 1.82) is 0 Å². The van der Waals surface area contributed by atoms with Crippen molar-refractivity contribution in [2.24, 2.45) is 0 Å². The van der Waals surface area contributed by atoms with E-state index >= 15 is 0 Å². The minimum Gasteiger partial charge on any atom is -0.467 e. The highest BCUT2D eigenvalue weighted by atomic mass is 35.5. The summed E-state index contributed by atoms with van der Waals surface area (Å²) in [6, 6.07) is 3.93. The number of aliphatic hydroxyl groups excluding tert-OH is 1. The van der Waals surface area contributed by atoms with E-state index < -0.39 is 17.9 Å². The standard InChI is InChI=1S/C18H23Cl2NO4/c1-25-18(24)15(11-6-4-2-3-5-7-12-22)21-17(23)16-13(19)9-8-10-14(16)20/h4,6,8-10,15,22H,2-3,5,7,11-12H2,1H3,(H,21,23)/b6-4+/t15-/m0/s1. The quantitative estimate of drug-likeness (QED) is 0.364. The van der Waals surface area contributed by atoms with Crippen molar-refractivity contribution in [3.05, 3.63) is 46.0 Å². The van der Waals surface area contributed by atoms with Gasteiger partial charge in [-0.1, -0.05) is 47.8 Å². The van der Waals surface area contributed by atoms with Crippen molar-refractivity contribution >= 4 is 35.1 Å². The van der Waals surface area contributed by atoms with Crippen LogP contribution in [0.2, 0.25) is 10.0 Å². The monoisotopic (exact) mass is 387 g/mol. The first-order valence-corrected chi connectivity index (χ1v) is 8.85. The van der Waals surface area contributed by atoms with Gasteiger partial charge in [-0.05, 0) is 37.8 Å². The van der Waals surface area contributed by atoms with Crippen LogP contribution >= 0.6 is 23.2 Å². The Morgan fingerprint density at radius 2 is 1.88 bits per heavy atom. The summed E-state index contributed by atoms with van der Waals surface area (Å²) >= 11 is 12.0. The minimum atomic E-state index is -0.821. The normalized spacial score (nSPS) is 12.2. The summed E-state index contributed by atoms with van der Waals surface area (Å²) in [4.78, 5) is 24.3. The second-order valence-electron chi connectivity index (χ2n) is 5.43. The van der Waals surface area contributed by atoms with Crippen LogP contribution < -0.4 is 5.32 Å². The molecule has 0 spiro atoms. The van der Waals surface area contributed by atoms with Crippen molar-refractivity contribution in [2.45, 2.75) is 38.1 Å². The van der Waals surface area contributed by atoms with E-state index in [1.165, 1.54) is 7.11 Å². The zero-order chi connectivity index (χ0) is 18.7. The Bertz CT molecular complexity index is 584. The molecule has 0 saturated carbocycles. The highest BCUT2D eigenvalue weighted by molar-refractivity contribution is 6.39. The number of carbonyl (C=O) groups is 2. The topological polar surface area (TPSA) is 75.6 Å². The van der Waals surface area contributed by atoms with E-state index in [1.807, 2.05) is 12.2 Å². The zero-order valence-corrected chi connectivity index (χ0v) is 15.6. The average molecular weight is 388 g/mol.